The maximum absolute atomic E-state index is 12.9. The lowest BCUT2D eigenvalue weighted by Crippen LogP contribution is -2.14. The van der Waals surface area contributed by atoms with E-state index in [-0.39, 0.29) is 4.90 Å². The summed E-state index contributed by atoms with van der Waals surface area (Å²) in [6, 6.07) is 10.7. The fourth-order valence-corrected chi connectivity index (χ4v) is 3.85. The summed E-state index contributed by atoms with van der Waals surface area (Å²) in [5, 5.41) is 10.9. The predicted octanol–water partition coefficient (Wildman–Crippen LogP) is 2.16. The van der Waals surface area contributed by atoms with Crippen LogP contribution < -0.4 is 4.72 Å². The number of H-pyrrole nitrogens is 1. The molecule has 136 valence electrons. The highest BCUT2D eigenvalue weighted by molar-refractivity contribution is 7.92. The number of anilines is 1. The average Bonchev–Trinajstić information content (AvgIpc) is 3.29. The summed E-state index contributed by atoms with van der Waals surface area (Å²) in [5.74, 6) is 0.536. The molecule has 0 fully saturated rings. The molecule has 10 heteroatoms. The van der Waals surface area contributed by atoms with Crippen LogP contribution in [0.25, 0.3) is 17.2 Å². The molecule has 9 nitrogen and oxygen atoms in total. The molecule has 27 heavy (non-hydrogen) atoms. The fourth-order valence-electron chi connectivity index (χ4n) is 2.64. The first-order valence-electron chi connectivity index (χ1n) is 8.00. The van der Waals surface area contributed by atoms with Crippen molar-refractivity contribution in [1.82, 2.24) is 29.9 Å². The van der Waals surface area contributed by atoms with E-state index in [1.165, 1.54) is 17.1 Å². The monoisotopic (exact) mass is 381 g/mol. The number of nitrogens with zero attached hydrogens (tertiary/aromatic N) is 5. The van der Waals surface area contributed by atoms with Crippen LogP contribution in [0.1, 0.15) is 5.69 Å². The van der Waals surface area contributed by atoms with Crippen LogP contribution in [-0.4, -0.2) is 38.4 Å². The lowest BCUT2D eigenvalue weighted by Gasteiger charge is -2.08. The van der Waals surface area contributed by atoms with Crippen molar-refractivity contribution in [2.75, 3.05) is 4.72 Å². The number of hydrogen-bond donors (Lipinski definition) is 2. The third-order valence-corrected chi connectivity index (χ3v) is 5.39. The number of aromatic nitrogens is 6. The molecule has 0 aromatic carbocycles. The van der Waals surface area contributed by atoms with Gasteiger partial charge in [-0.15, -0.1) is 0 Å². The quantitative estimate of drug-likeness (QED) is 0.547. The minimum Gasteiger partial charge on any atom is -0.276 e. The van der Waals surface area contributed by atoms with Crippen LogP contribution in [0.15, 0.2) is 66.1 Å². The molecule has 0 spiro atoms. The van der Waals surface area contributed by atoms with Gasteiger partial charge in [-0.1, -0.05) is 12.1 Å². The van der Waals surface area contributed by atoms with Gasteiger partial charge in [0.15, 0.2) is 5.82 Å². The highest BCUT2D eigenvalue weighted by atomic mass is 32.2. The zero-order valence-corrected chi connectivity index (χ0v) is 15.1. The summed E-state index contributed by atoms with van der Waals surface area (Å²) >= 11 is 0. The Morgan fingerprint density at radius 1 is 1.04 bits per heavy atom. The Kier molecular flexibility index (Phi) is 4.16. The van der Waals surface area contributed by atoms with Gasteiger partial charge in [0.25, 0.3) is 10.0 Å². The largest absolute Gasteiger partial charge is 0.276 e. The van der Waals surface area contributed by atoms with E-state index in [1.807, 2.05) is 6.07 Å². The van der Waals surface area contributed by atoms with Crippen LogP contribution in [0, 0.1) is 6.92 Å². The van der Waals surface area contributed by atoms with Gasteiger partial charge in [0, 0.05) is 12.4 Å². The van der Waals surface area contributed by atoms with Gasteiger partial charge in [-0.05, 0) is 31.2 Å². The summed E-state index contributed by atoms with van der Waals surface area (Å²) < 4.78 is 29.8. The molecule has 0 aliphatic heterocycles. The summed E-state index contributed by atoms with van der Waals surface area (Å²) in [6.45, 7) is 1.67. The van der Waals surface area contributed by atoms with Crippen LogP contribution >= 0.6 is 0 Å². The van der Waals surface area contributed by atoms with Gasteiger partial charge < -0.3 is 0 Å². The highest BCUT2D eigenvalue weighted by Gasteiger charge is 2.24. The first kappa shape index (κ1) is 16.9. The molecule has 4 rings (SSSR count). The Morgan fingerprint density at radius 3 is 2.52 bits per heavy atom. The van der Waals surface area contributed by atoms with Crippen LogP contribution in [0.5, 0.6) is 0 Å². The van der Waals surface area contributed by atoms with E-state index in [0.29, 0.717) is 28.6 Å². The van der Waals surface area contributed by atoms with E-state index in [4.69, 9.17) is 0 Å². The molecular formula is C17H15N7O2S. The Balaban J connectivity index is 1.69. The van der Waals surface area contributed by atoms with E-state index in [2.05, 4.69) is 30.0 Å². The van der Waals surface area contributed by atoms with Gasteiger partial charge in [0.1, 0.15) is 10.6 Å². The molecule has 2 N–H and O–H groups in total. The molecular weight excluding hydrogens is 366 g/mol. The van der Waals surface area contributed by atoms with E-state index < -0.39 is 10.0 Å². The first-order valence-corrected chi connectivity index (χ1v) is 9.48. The van der Waals surface area contributed by atoms with Gasteiger partial charge in [-0.2, -0.15) is 10.2 Å². The summed E-state index contributed by atoms with van der Waals surface area (Å²) in [4.78, 5) is 8.47. The third-order valence-electron chi connectivity index (χ3n) is 3.93. The van der Waals surface area contributed by atoms with Crippen LogP contribution in [-0.2, 0) is 10.0 Å². The second-order valence-electron chi connectivity index (χ2n) is 5.67. The van der Waals surface area contributed by atoms with Crippen LogP contribution in [0.4, 0.5) is 5.69 Å². The Morgan fingerprint density at radius 2 is 1.81 bits per heavy atom. The van der Waals surface area contributed by atoms with Gasteiger partial charge >= 0.3 is 0 Å². The second-order valence-corrected chi connectivity index (χ2v) is 7.32. The van der Waals surface area contributed by atoms with E-state index in [0.717, 1.165) is 0 Å². The van der Waals surface area contributed by atoms with Crippen molar-refractivity contribution in [1.29, 1.82) is 0 Å². The zero-order chi connectivity index (χ0) is 18.9. The normalized spacial score (nSPS) is 11.4. The van der Waals surface area contributed by atoms with Crippen molar-refractivity contribution < 1.29 is 8.42 Å². The lowest BCUT2D eigenvalue weighted by molar-refractivity contribution is 0.600. The molecule has 0 saturated carbocycles. The molecule has 0 bridgehead atoms. The molecule has 4 aromatic heterocycles. The number of rotatable bonds is 5. The minimum absolute atomic E-state index is 0.0568. The summed E-state index contributed by atoms with van der Waals surface area (Å²) in [6.07, 6.45) is 5.94. The SMILES string of the molecule is Cc1c(S(=O)(=O)Nc2cn[nH]c2-c2ccccn2)cnn1-c1ccccn1. The first-order chi connectivity index (χ1) is 13.1. The molecule has 0 unspecified atom stereocenters. The molecule has 0 saturated heterocycles. The third kappa shape index (κ3) is 3.17. The van der Waals surface area contributed by atoms with Gasteiger partial charge in [-0.3, -0.25) is 14.8 Å². The number of hydrogen-bond acceptors (Lipinski definition) is 6. The standard InChI is InChI=1S/C17H15N7O2S/c1-12-15(11-21-24(12)16-7-3-5-9-19-16)27(25,26)23-14-10-20-22-17(14)13-6-2-4-8-18-13/h2-11,23H,1H3,(H,20,22). The number of pyridine rings is 2. The lowest BCUT2D eigenvalue weighted by atomic mass is 10.2. The summed E-state index contributed by atoms with van der Waals surface area (Å²) in [5.41, 5.74) is 1.81. The number of aromatic amines is 1. The van der Waals surface area contributed by atoms with Crippen molar-refractivity contribution in [3.8, 4) is 17.2 Å². The Labute approximate surface area is 155 Å². The molecule has 0 atom stereocenters. The second kappa shape index (κ2) is 6.65. The maximum Gasteiger partial charge on any atom is 0.265 e. The van der Waals surface area contributed by atoms with Crippen molar-refractivity contribution in [3.63, 3.8) is 0 Å². The van der Waals surface area contributed by atoms with E-state index in [1.54, 1.807) is 49.6 Å². The van der Waals surface area contributed by atoms with E-state index in [9.17, 15) is 8.42 Å². The maximum atomic E-state index is 12.9. The van der Waals surface area contributed by atoms with Gasteiger partial charge in [-0.25, -0.2) is 18.1 Å². The molecule has 0 aliphatic rings. The van der Waals surface area contributed by atoms with Crippen molar-refractivity contribution in [3.05, 3.63) is 66.9 Å². The van der Waals surface area contributed by atoms with Crippen molar-refractivity contribution in [2.24, 2.45) is 0 Å². The van der Waals surface area contributed by atoms with Crippen molar-refractivity contribution >= 4 is 15.7 Å². The van der Waals surface area contributed by atoms with Gasteiger partial charge in [0.2, 0.25) is 0 Å². The van der Waals surface area contributed by atoms with Crippen molar-refractivity contribution in [2.45, 2.75) is 11.8 Å². The fraction of sp³-hybridized carbons (Fsp3) is 0.0588. The number of nitrogens with one attached hydrogen (secondary N) is 2. The minimum atomic E-state index is -3.88. The predicted molar refractivity (Wildman–Crippen MR) is 98.7 cm³/mol. The topological polar surface area (TPSA) is 118 Å². The van der Waals surface area contributed by atoms with E-state index >= 15 is 0 Å². The number of sulfonamides is 1. The molecule has 0 aliphatic carbocycles. The highest BCUT2D eigenvalue weighted by Crippen LogP contribution is 2.27. The zero-order valence-electron chi connectivity index (χ0n) is 14.2. The summed E-state index contributed by atoms with van der Waals surface area (Å²) in [7, 11) is -3.88. The van der Waals surface area contributed by atoms with Crippen LogP contribution in [0.2, 0.25) is 0 Å². The molecule has 0 amide bonds. The Bertz CT molecular complexity index is 1170. The molecule has 4 aromatic rings. The molecule has 4 heterocycles. The molecule has 0 radical (unpaired) electrons. The Hall–Kier alpha value is -3.53. The van der Waals surface area contributed by atoms with Gasteiger partial charge in [0.05, 0.1) is 29.5 Å². The smallest absolute Gasteiger partial charge is 0.265 e. The van der Waals surface area contributed by atoms with Crippen LogP contribution in [0.3, 0.4) is 0 Å². The average molecular weight is 381 g/mol.